The minimum atomic E-state index is -0.760. The van der Waals surface area contributed by atoms with Crippen molar-refractivity contribution in [2.75, 3.05) is 7.11 Å². The number of rotatable bonds is 2. The molecule has 6 nitrogen and oxygen atoms in total. The number of carbonyl (C=O) groups is 1. The number of pyridine rings is 1. The van der Waals surface area contributed by atoms with Crippen molar-refractivity contribution in [3.05, 3.63) is 33.6 Å². The molecule has 0 atom stereocenters. The van der Waals surface area contributed by atoms with E-state index in [1.54, 1.807) is 6.92 Å². The van der Waals surface area contributed by atoms with Gasteiger partial charge in [-0.25, -0.2) is 4.79 Å². The van der Waals surface area contributed by atoms with E-state index in [1.807, 2.05) is 0 Å². The molecule has 1 aromatic rings. The van der Waals surface area contributed by atoms with Gasteiger partial charge in [0, 0.05) is 18.0 Å². The molecule has 0 aliphatic carbocycles. The van der Waals surface area contributed by atoms with Crippen LogP contribution in [0.2, 0.25) is 0 Å². The van der Waals surface area contributed by atoms with Gasteiger partial charge in [0.15, 0.2) is 5.56 Å². The number of esters is 1. The Bertz CT molecular complexity index is 389. The normalized spacial score (nSPS) is 9.57. The summed E-state index contributed by atoms with van der Waals surface area (Å²) in [7, 11) is 1.16. The van der Waals surface area contributed by atoms with Gasteiger partial charge in [0.2, 0.25) is 0 Å². The largest absolute Gasteiger partial charge is 0.465 e. The Morgan fingerprint density at radius 1 is 1.64 bits per heavy atom. The van der Waals surface area contributed by atoms with Crippen molar-refractivity contribution < 1.29 is 14.5 Å². The lowest BCUT2D eigenvalue weighted by Crippen LogP contribution is -2.06. The third-order valence-corrected chi connectivity index (χ3v) is 1.62. The fourth-order valence-electron chi connectivity index (χ4n) is 0.964. The van der Waals surface area contributed by atoms with Crippen molar-refractivity contribution in [2.24, 2.45) is 0 Å². The lowest BCUT2D eigenvalue weighted by atomic mass is 10.2. The van der Waals surface area contributed by atoms with E-state index in [0.29, 0.717) is 5.69 Å². The number of nitro groups is 1. The van der Waals surface area contributed by atoms with Crippen molar-refractivity contribution in [3.63, 3.8) is 0 Å². The first-order chi connectivity index (χ1) is 6.56. The summed E-state index contributed by atoms with van der Waals surface area (Å²) < 4.78 is 4.38. The Morgan fingerprint density at radius 2 is 2.29 bits per heavy atom. The van der Waals surface area contributed by atoms with Gasteiger partial charge in [-0.05, 0) is 6.92 Å². The highest BCUT2D eigenvalue weighted by Crippen LogP contribution is 2.18. The summed E-state index contributed by atoms with van der Waals surface area (Å²) in [5.74, 6) is -0.760. The van der Waals surface area contributed by atoms with E-state index in [1.165, 1.54) is 6.07 Å². The summed E-state index contributed by atoms with van der Waals surface area (Å²) in [6.45, 7) is 1.61. The van der Waals surface area contributed by atoms with E-state index in [2.05, 4.69) is 9.72 Å². The van der Waals surface area contributed by atoms with Crippen LogP contribution in [0.3, 0.4) is 0 Å². The Kier molecular flexibility index (Phi) is 2.76. The van der Waals surface area contributed by atoms with Gasteiger partial charge >= 0.3 is 5.97 Å². The Balaban J connectivity index is 3.28. The monoisotopic (exact) mass is 196 g/mol. The molecule has 0 fully saturated rings. The number of carbonyl (C=O) groups excluding carboxylic acids is 1. The molecular formula is C8H8N2O4. The maximum atomic E-state index is 11.1. The van der Waals surface area contributed by atoms with Crippen molar-refractivity contribution in [2.45, 2.75) is 6.92 Å². The van der Waals surface area contributed by atoms with E-state index < -0.39 is 10.9 Å². The SMILES string of the molecule is COC(=O)c1cnc(C)cc1[N+](=O)[O-]. The van der Waals surface area contributed by atoms with Crippen LogP contribution in [0.25, 0.3) is 0 Å². The average molecular weight is 196 g/mol. The standard InChI is InChI=1S/C8H8N2O4/c1-5-3-7(10(12)13)6(4-9-5)8(11)14-2/h3-4H,1-2H3. The highest BCUT2D eigenvalue weighted by Gasteiger charge is 2.21. The molecule has 0 amide bonds. The molecule has 0 aliphatic heterocycles. The van der Waals surface area contributed by atoms with Crippen molar-refractivity contribution in [1.82, 2.24) is 4.98 Å². The molecule has 1 aromatic heterocycles. The third kappa shape index (κ3) is 1.85. The number of methoxy groups -OCH3 is 1. The van der Waals surface area contributed by atoms with Crippen LogP contribution < -0.4 is 0 Å². The molecule has 1 rings (SSSR count). The molecular weight excluding hydrogens is 188 g/mol. The van der Waals surface area contributed by atoms with Crippen LogP contribution in [-0.2, 0) is 4.74 Å². The van der Waals surface area contributed by atoms with E-state index in [9.17, 15) is 14.9 Å². The molecule has 74 valence electrons. The number of ether oxygens (including phenoxy) is 1. The highest BCUT2D eigenvalue weighted by molar-refractivity contribution is 5.93. The topological polar surface area (TPSA) is 82.3 Å². The molecule has 0 saturated heterocycles. The summed E-state index contributed by atoms with van der Waals surface area (Å²) >= 11 is 0. The van der Waals surface area contributed by atoms with Gasteiger partial charge in [-0.15, -0.1) is 0 Å². The molecule has 0 radical (unpaired) electrons. The predicted molar refractivity (Wildman–Crippen MR) is 47.0 cm³/mol. The van der Waals surface area contributed by atoms with Crippen LogP contribution in [-0.4, -0.2) is 23.0 Å². The third-order valence-electron chi connectivity index (χ3n) is 1.62. The molecule has 0 aromatic carbocycles. The van der Waals surface area contributed by atoms with E-state index in [0.717, 1.165) is 13.3 Å². The zero-order chi connectivity index (χ0) is 10.7. The van der Waals surface area contributed by atoms with E-state index in [-0.39, 0.29) is 11.3 Å². The minimum Gasteiger partial charge on any atom is -0.465 e. The van der Waals surface area contributed by atoms with Crippen LogP contribution in [0.1, 0.15) is 16.1 Å². The maximum absolute atomic E-state index is 11.1. The zero-order valence-electron chi connectivity index (χ0n) is 7.68. The Hall–Kier alpha value is -1.98. The second-order valence-corrected chi connectivity index (χ2v) is 2.59. The van der Waals surface area contributed by atoms with Gasteiger partial charge in [-0.2, -0.15) is 0 Å². The number of aromatic nitrogens is 1. The number of nitrogens with zero attached hydrogens (tertiary/aromatic N) is 2. The zero-order valence-corrected chi connectivity index (χ0v) is 7.68. The smallest absolute Gasteiger partial charge is 0.346 e. The number of hydrogen-bond acceptors (Lipinski definition) is 5. The second-order valence-electron chi connectivity index (χ2n) is 2.59. The summed E-state index contributed by atoms with van der Waals surface area (Å²) in [5.41, 5.74) is 0.0526. The second kappa shape index (κ2) is 3.82. The molecule has 0 bridgehead atoms. The molecule has 6 heteroatoms. The summed E-state index contributed by atoms with van der Waals surface area (Å²) in [4.78, 5) is 24.8. The lowest BCUT2D eigenvalue weighted by Gasteiger charge is -2.00. The first-order valence-corrected chi connectivity index (χ1v) is 3.75. The predicted octanol–water partition coefficient (Wildman–Crippen LogP) is 1.08. The minimum absolute atomic E-state index is 0.136. The Labute approximate surface area is 79.7 Å². The average Bonchev–Trinajstić information content (AvgIpc) is 2.16. The van der Waals surface area contributed by atoms with Gasteiger partial charge in [0.05, 0.1) is 12.0 Å². The summed E-state index contributed by atoms with van der Waals surface area (Å²) in [6, 6.07) is 1.23. The highest BCUT2D eigenvalue weighted by atomic mass is 16.6. The molecule has 0 unspecified atom stereocenters. The number of aryl methyl sites for hydroxylation is 1. The lowest BCUT2D eigenvalue weighted by molar-refractivity contribution is -0.385. The van der Waals surface area contributed by atoms with Crippen LogP contribution in [0.5, 0.6) is 0 Å². The molecule has 0 spiro atoms. The van der Waals surface area contributed by atoms with Gasteiger partial charge in [0.1, 0.15) is 0 Å². The van der Waals surface area contributed by atoms with E-state index in [4.69, 9.17) is 0 Å². The van der Waals surface area contributed by atoms with Gasteiger partial charge in [-0.1, -0.05) is 0 Å². The molecule has 0 N–H and O–H groups in total. The summed E-state index contributed by atoms with van der Waals surface area (Å²) in [6.07, 6.45) is 1.14. The first-order valence-electron chi connectivity index (χ1n) is 3.75. The molecule has 0 saturated carbocycles. The van der Waals surface area contributed by atoms with Crippen molar-refractivity contribution in [1.29, 1.82) is 0 Å². The van der Waals surface area contributed by atoms with Crippen molar-refractivity contribution in [3.8, 4) is 0 Å². The van der Waals surface area contributed by atoms with Crippen LogP contribution in [0.4, 0.5) is 5.69 Å². The summed E-state index contributed by atoms with van der Waals surface area (Å²) in [5, 5.41) is 10.6. The maximum Gasteiger partial charge on any atom is 0.346 e. The molecule has 0 aliphatic rings. The molecule has 1 heterocycles. The fraction of sp³-hybridized carbons (Fsp3) is 0.250. The first kappa shape index (κ1) is 10.1. The number of hydrogen-bond donors (Lipinski definition) is 0. The van der Waals surface area contributed by atoms with Gasteiger partial charge < -0.3 is 4.74 Å². The van der Waals surface area contributed by atoms with Crippen LogP contribution >= 0.6 is 0 Å². The fourth-order valence-corrected chi connectivity index (χ4v) is 0.964. The van der Waals surface area contributed by atoms with Crippen LogP contribution in [0.15, 0.2) is 12.3 Å². The van der Waals surface area contributed by atoms with Crippen LogP contribution in [0, 0.1) is 17.0 Å². The van der Waals surface area contributed by atoms with E-state index >= 15 is 0 Å². The van der Waals surface area contributed by atoms with Gasteiger partial charge in [0.25, 0.3) is 5.69 Å². The Morgan fingerprint density at radius 3 is 2.79 bits per heavy atom. The van der Waals surface area contributed by atoms with Crippen molar-refractivity contribution >= 4 is 11.7 Å². The quantitative estimate of drug-likeness (QED) is 0.401. The van der Waals surface area contributed by atoms with Gasteiger partial charge in [-0.3, -0.25) is 15.1 Å². The molecule has 14 heavy (non-hydrogen) atoms.